The van der Waals surface area contributed by atoms with E-state index < -0.39 is 0 Å². The molecule has 0 radical (unpaired) electrons. The fourth-order valence-electron chi connectivity index (χ4n) is 2.96. The van der Waals surface area contributed by atoms with Crippen molar-refractivity contribution in [1.29, 1.82) is 0 Å². The van der Waals surface area contributed by atoms with E-state index in [0.717, 1.165) is 19.4 Å². The molecule has 3 heteroatoms. The Balaban J connectivity index is 2.58. The lowest BCUT2D eigenvalue weighted by Crippen LogP contribution is -2.61. The molecule has 0 bridgehead atoms. The molecule has 1 aliphatic heterocycles. The minimum atomic E-state index is -0.161. The standard InChI is InChI=1S/C14H30N2O/c1-6-12(14(17)7-2)9(3)13-8-15-10(4)11(5)16-13/h9-17H,6-8H2,1-5H3. The summed E-state index contributed by atoms with van der Waals surface area (Å²) in [5.74, 6) is 0.914. The molecule has 3 nitrogen and oxygen atoms in total. The average Bonchev–Trinajstić information content (AvgIpc) is 2.33. The Bertz CT molecular complexity index is 222. The normalized spacial score (nSPS) is 35.3. The number of rotatable bonds is 5. The Hall–Kier alpha value is -0.120. The molecule has 1 aliphatic rings. The predicted molar refractivity (Wildman–Crippen MR) is 73.1 cm³/mol. The van der Waals surface area contributed by atoms with Gasteiger partial charge in [0.2, 0.25) is 0 Å². The number of nitrogens with one attached hydrogen (secondary N) is 2. The molecule has 0 aliphatic carbocycles. The van der Waals surface area contributed by atoms with E-state index in [0.29, 0.717) is 30.0 Å². The summed E-state index contributed by atoms with van der Waals surface area (Å²) in [6.45, 7) is 12.0. The third kappa shape index (κ3) is 3.67. The quantitative estimate of drug-likeness (QED) is 0.688. The van der Waals surface area contributed by atoms with Gasteiger partial charge in [0.1, 0.15) is 0 Å². The lowest BCUT2D eigenvalue weighted by atomic mass is 9.80. The first-order chi connectivity index (χ1) is 8.01. The summed E-state index contributed by atoms with van der Waals surface area (Å²) in [6, 6.07) is 1.52. The molecule has 102 valence electrons. The lowest BCUT2D eigenvalue weighted by Gasteiger charge is -2.41. The number of hydrogen-bond donors (Lipinski definition) is 3. The van der Waals surface area contributed by atoms with Crippen LogP contribution in [0.1, 0.15) is 47.5 Å². The molecule has 0 amide bonds. The minimum Gasteiger partial charge on any atom is -0.393 e. The van der Waals surface area contributed by atoms with E-state index in [1.54, 1.807) is 0 Å². The van der Waals surface area contributed by atoms with Crippen LogP contribution in [-0.4, -0.2) is 35.9 Å². The fourth-order valence-corrected chi connectivity index (χ4v) is 2.96. The van der Waals surface area contributed by atoms with Crippen LogP contribution in [0.4, 0.5) is 0 Å². The van der Waals surface area contributed by atoms with Crippen molar-refractivity contribution in [3.05, 3.63) is 0 Å². The van der Waals surface area contributed by atoms with Crippen molar-refractivity contribution >= 4 is 0 Å². The molecule has 1 rings (SSSR count). The Morgan fingerprint density at radius 2 is 1.82 bits per heavy atom. The first-order valence-corrected chi connectivity index (χ1v) is 7.18. The summed E-state index contributed by atoms with van der Waals surface area (Å²) in [5, 5.41) is 17.3. The highest BCUT2D eigenvalue weighted by atomic mass is 16.3. The van der Waals surface area contributed by atoms with Gasteiger partial charge in [-0.3, -0.25) is 0 Å². The van der Waals surface area contributed by atoms with E-state index >= 15 is 0 Å². The van der Waals surface area contributed by atoms with Gasteiger partial charge in [0.05, 0.1) is 6.10 Å². The highest BCUT2D eigenvalue weighted by molar-refractivity contribution is 4.92. The number of aliphatic hydroxyl groups is 1. The van der Waals surface area contributed by atoms with Crippen molar-refractivity contribution in [3.8, 4) is 0 Å². The van der Waals surface area contributed by atoms with Crippen molar-refractivity contribution in [2.45, 2.75) is 71.7 Å². The zero-order chi connectivity index (χ0) is 13.0. The predicted octanol–water partition coefficient (Wildman–Crippen LogP) is 1.76. The molecule has 1 heterocycles. The molecule has 1 saturated heterocycles. The van der Waals surface area contributed by atoms with Gasteiger partial charge in [-0.2, -0.15) is 0 Å². The molecule has 0 spiro atoms. The third-order valence-electron chi connectivity index (χ3n) is 4.58. The van der Waals surface area contributed by atoms with Gasteiger partial charge in [0.15, 0.2) is 0 Å². The fraction of sp³-hybridized carbons (Fsp3) is 1.00. The van der Waals surface area contributed by atoms with Crippen LogP contribution in [0.25, 0.3) is 0 Å². The molecule has 6 atom stereocenters. The van der Waals surface area contributed by atoms with Crippen molar-refractivity contribution in [3.63, 3.8) is 0 Å². The highest BCUT2D eigenvalue weighted by Crippen LogP contribution is 2.25. The lowest BCUT2D eigenvalue weighted by molar-refractivity contribution is 0.0516. The Morgan fingerprint density at radius 1 is 1.18 bits per heavy atom. The number of hydrogen-bond acceptors (Lipinski definition) is 3. The number of aliphatic hydroxyl groups excluding tert-OH is 1. The van der Waals surface area contributed by atoms with Crippen molar-refractivity contribution in [2.75, 3.05) is 6.54 Å². The van der Waals surface area contributed by atoms with Gasteiger partial charge in [0, 0.05) is 24.7 Å². The molecule has 3 N–H and O–H groups in total. The maximum absolute atomic E-state index is 10.1. The summed E-state index contributed by atoms with van der Waals surface area (Å²) >= 11 is 0. The van der Waals surface area contributed by atoms with Gasteiger partial charge in [0.25, 0.3) is 0 Å². The van der Waals surface area contributed by atoms with Crippen molar-refractivity contribution in [2.24, 2.45) is 11.8 Å². The van der Waals surface area contributed by atoms with Crippen LogP contribution in [0, 0.1) is 11.8 Å². The summed E-state index contributed by atoms with van der Waals surface area (Å²) in [6.07, 6.45) is 1.75. The third-order valence-corrected chi connectivity index (χ3v) is 4.58. The van der Waals surface area contributed by atoms with Gasteiger partial charge in [-0.1, -0.05) is 27.2 Å². The van der Waals surface area contributed by atoms with Gasteiger partial charge in [-0.15, -0.1) is 0 Å². The zero-order valence-electron chi connectivity index (χ0n) is 12.0. The van der Waals surface area contributed by atoms with E-state index in [1.807, 2.05) is 0 Å². The molecule has 0 aromatic carbocycles. The second-order valence-electron chi connectivity index (χ2n) is 5.67. The summed E-state index contributed by atoms with van der Waals surface area (Å²) in [5.41, 5.74) is 0. The molecule has 6 unspecified atom stereocenters. The van der Waals surface area contributed by atoms with Crippen LogP contribution in [0.3, 0.4) is 0 Å². The van der Waals surface area contributed by atoms with Crippen LogP contribution in [0.5, 0.6) is 0 Å². The van der Waals surface area contributed by atoms with E-state index in [1.165, 1.54) is 0 Å². The van der Waals surface area contributed by atoms with Crippen LogP contribution in [0.15, 0.2) is 0 Å². The van der Waals surface area contributed by atoms with Gasteiger partial charge >= 0.3 is 0 Å². The molecule has 0 saturated carbocycles. The van der Waals surface area contributed by atoms with Gasteiger partial charge in [-0.05, 0) is 32.1 Å². The molecular weight excluding hydrogens is 212 g/mol. The summed E-state index contributed by atoms with van der Waals surface area (Å²) in [4.78, 5) is 0. The highest BCUT2D eigenvalue weighted by Gasteiger charge is 2.32. The smallest absolute Gasteiger partial charge is 0.0568 e. The number of piperazine rings is 1. The summed E-state index contributed by atoms with van der Waals surface area (Å²) < 4.78 is 0. The molecule has 0 aromatic heterocycles. The topological polar surface area (TPSA) is 44.3 Å². The van der Waals surface area contributed by atoms with E-state index in [2.05, 4.69) is 45.3 Å². The van der Waals surface area contributed by atoms with Crippen LogP contribution >= 0.6 is 0 Å². The molecule has 0 aromatic rings. The minimum absolute atomic E-state index is 0.161. The van der Waals surface area contributed by atoms with E-state index in [9.17, 15) is 5.11 Å². The van der Waals surface area contributed by atoms with E-state index in [4.69, 9.17) is 0 Å². The van der Waals surface area contributed by atoms with Gasteiger partial charge < -0.3 is 15.7 Å². The Kier molecular flexibility index (Phi) is 5.90. The molecular formula is C14H30N2O. The summed E-state index contributed by atoms with van der Waals surface area (Å²) in [7, 11) is 0. The Labute approximate surface area is 106 Å². The van der Waals surface area contributed by atoms with Crippen LogP contribution in [0.2, 0.25) is 0 Å². The molecule has 17 heavy (non-hydrogen) atoms. The zero-order valence-corrected chi connectivity index (χ0v) is 12.0. The largest absolute Gasteiger partial charge is 0.393 e. The average molecular weight is 242 g/mol. The monoisotopic (exact) mass is 242 g/mol. The van der Waals surface area contributed by atoms with E-state index in [-0.39, 0.29) is 6.10 Å². The second kappa shape index (κ2) is 6.72. The van der Waals surface area contributed by atoms with Crippen LogP contribution < -0.4 is 10.6 Å². The second-order valence-corrected chi connectivity index (χ2v) is 5.67. The SMILES string of the molecule is CCC(O)C(CC)C(C)C1CNC(C)C(C)N1. The molecule has 1 fully saturated rings. The van der Waals surface area contributed by atoms with Crippen LogP contribution in [-0.2, 0) is 0 Å². The first-order valence-electron chi connectivity index (χ1n) is 7.18. The van der Waals surface area contributed by atoms with Crippen molar-refractivity contribution < 1.29 is 5.11 Å². The first kappa shape index (κ1) is 14.9. The Morgan fingerprint density at radius 3 is 2.29 bits per heavy atom. The maximum Gasteiger partial charge on any atom is 0.0568 e. The maximum atomic E-state index is 10.1. The van der Waals surface area contributed by atoms with Gasteiger partial charge in [-0.25, -0.2) is 0 Å². The van der Waals surface area contributed by atoms with Crippen molar-refractivity contribution in [1.82, 2.24) is 10.6 Å².